The Morgan fingerprint density at radius 1 is 1.30 bits per heavy atom. The molecule has 1 unspecified atom stereocenters. The molecule has 3 nitrogen and oxygen atoms in total. The number of aliphatic hydroxyl groups is 1. The molecule has 112 valence electrons. The molecule has 1 atom stereocenters. The highest BCUT2D eigenvalue weighted by Gasteiger charge is 2.21. The van der Waals surface area contributed by atoms with Crippen LogP contribution in [0, 0.1) is 5.41 Å². The molecule has 1 rings (SSSR count). The molecule has 0 saturated carbocycles. The van der Waals surface area contributed by atoms with E-state index < -0.39 is 0 Å². The van der Waals surface area contributed by atoms with Gasteiger partial charge in [-0.1, -0.05) is 44.6 Å². The summed E-state index contributed by atoms with van der Waals surface area (Å²) in [7, 11) is 1.67. The summed E-state index contributed by atoms with van der Waals surface area (Å²) in [5.41, 5.74) is 2.30. The van der Waals surface area contributed by atoms with E-state index in [1.807, 2.05) is 45.0 Å². The molecular weight excluding hydrogens is 250 g/mol. The lowest BCUT2D eigenvalue weighted by Crippen LogP contribution is -2.37. The number of methoxy groups -OCH3 is 1. The summed E-state index contributed by atoms with van der Waals surface area (Å²) in [5, 5.41) is 13.2. The third-order valence-electron chi connectivity index (χ3n) is 3.27. The molecular formula is C17H27NO2. The van der Waals surface area contributed by atoms with E-state index in [1.165, 1.54) is 5.57 Å². The fraction of sp³-hybridized carbons (Fsp3) is 0.529. The summed E-state index contributed by atoms with van der Waals surface area (Å²) >= 11 is 0. The Morgan fingerprint density at radius 2 is 1.90 bits per heavy atom. The van der Waals surface area contributed by atoms with Crippen LogP contribution in [0.2, 0.25) is 0 Å². The minimum atomic E-state index is -0.337. The maximum atomic E-state index is 9.95. The summed E-state index contributed by atoms with van der Waals surface area (Å²) in [6.45, 7) is 9.59. The lowest BCUT2D eigenvalue weighted by Gasteiger charge is -2.26. The van der Waals surface area contributed by atoms with Crippen molar-refractivity contribution in [3.8, 4) is 5.75 Å². The SMILES string of the molecule is COc1ccc(/C=C(/C)CNCC(O)C(C)(C)C)cc1. The number of hydrogen-bond donors (Lipinski definition) is 2. The van der Waals surface area contributed by atoms with Crippen LogP contribution in [-0.4, -0.2) is 31.4 Å². The van der Waals surface area contributed by atoms with Gasteiger partial charge in [0.2, 0.25) is 0 Å². The molecule has 0 bridgehead atoms. The van der Waals surface area contributed by atoms with Gasteiger partial charge in [-0.2, -0.15) is 0 Å². The molecule has 0 amide bonds. The molecule has 1 aromatic carbocycles. The van der Waals surface area contributed by atoms with Crippen LogP contribution < -0.4 is 10.1 Å². The number of aliphatic hydroxyl groups excluding tert-OH is 1. The quantitative estimate of drug-likeness (QED) is 0.839. The van der Waals surface area contributed by atoms with E-state index in [2.05, 4.69) is 18.3 Å². The van der Waals surface area contributed by atoms with Gasteiger partial charge >= 0.3 is 0 Å². The van der Waals surface area contributed by atoms with Crippen LogP contribution in [0.15, 0.2) is 29.8 Å². The second-order valence-electron chi connectivity index (χ2n) is 6.28. The maximum absolute atomic E-state index is 9.95. The normalized spacial score (nSPS) is 14.2. The minimum absolute atomic E-state index is 0.0827. The van der Waals surface area contributed by atoms with Crippen molar-refractivity contribution in [2.45, 2.75) is 33.8 Å². The summed E-state index contributed by atoms with van der Waals surface area (Å²) < 4.78 is 5.14. The first-order valence-electron chi connectivity index (χ1n) is 7.03. The zero-order chi connectivity index (χ0) is 15.2. The first-order valence-corrected chi connectivity index (χ1v) is 7.03. The Balaban J connectivity index is 2.45. The number of rotatable bonds is 6. The molecule has 0 aromatic heterocycles. The van der Waals surface area contributed by atoms with Gasteiger partial charge in [-0.25, -0.2) is 0 Å². The van der Waals surface area contributed by atoms with E-state index in [0.29, 0.717) is 6.54 Å². The van der Waals surface area contributed by atoms with E-state index in [-0.39, 0.29) is 11.5 Å². The largest absolute Gasteiger partial charge is 0.497 e. The lowest BCUT2D eigenvalue weighted by atomic mass is 9.89. The highest BCUT2D eigenvalue weighted by molar-refractivity contribution is 5.53. The summed E-state index contributed by atoms with van der Waals surface area (Å²) in [6.07, 6.45) is 1.80. The average Bonchev–Trinajstić information content (AvgIpc) is 2.38. The van der Waals surface area contributed by atoms with Crippen molar-refractivity contribution >= 4 is 6.08 Å². The van der Waals surface area contributed by atoms with E-state index in [1.54, 1.807) is 7.11 Å². The van der Waals surface area contributed by atoms with Crippen LogP contribution in [0.5, 0.6) is 5.75 Å². The standard InChI is InChI=1S/C17H27NO2/c1-13(11-18-12-16(19)17(2,3)4)10-14-6-8-15(20-5)9-7-14/h6-10,16,18-19H,11-12H2,1-5H3/b13-10-. The Bertz CT molecular complexity index is 429. The highest BCUT2D eigenvalue weighted by Crippen LogP contribution is 2.18. The highest BCUT2D eigenvalue weighted by atomic mass is 16.5. The average molecular weight is 277 g/mol. The number of benzene rings is 1. The van der Waals surface area contributed by atoms with Crippen LogP contribution in [0.1, 0.15) is 33.3 Å². The first-order chi connectivity index (χ1) is 9.32. The molecule has 0 heterocycles. The predicted molar refractivity (Wildman–Crippen MR) is 85.0 cm³/mol. The van der Waals surface area contributed by atoms with Crippen molar-refractivity contribution in [3.63, 3.8) is 0 Å². The monoisotopic (exact) mass is 277 g/mol. The van der Waals surface area contributed by atoms with E-state index in [0.717, 1.165) is 17.9 Å². The molecule has 0 fully saturated rings. The zero-order valence-corrected chi connectivity index (χ0v) is 13.2. The third kappa shape index (κ3) is 5.76. The summed E-state index contributed by atoms with van der Waals surface area (Å²) in [5.74, 6) is 0.867. The van der Waals surface area contributed by atoms with E-state index in [9.17, 15) is 5.11 Å². The van der Waals surface area contributed by atoms with Gasteiger partial charge in [0.1, 0.15) is 5.75 Å². The van der Waals surface area contributed by atoms with Crippen LogP contribution in [-0.2, 0) is 0 Å². The van der Waals surface area contributed by atoms with Gasteiger partial charge in [-0.15, -0.1) is 0 Å². The Morgan fingerprint density at radius 3 is 2.40 bits per heavy atom. The Hall–Kier alpha value is -1.32. The van der Waals surface area contributed by atoms with Crippen molar-refractivity contribution in [2.75, 3.05) is 20.2 Å². The van der Waals surface area contributed by atoms with Gasteiger partial charge in [0.25, 0.3) is 0 Å². The van der Waals surface area contributed by atoms with Crippen LogP contribution in [0.25, 0.3) is 6.08 Å². The van der Waals surface area contributed by atoms with Gasteiger partial charge in [-0.05, 0) is 30.0 Å². The molecule has 2 N–H and O–H groups in total. The van der Waals surface area contributed by atoms with Crippen molar-refractivity contribution in [3.05, 3.63) is 35.4 Å². The second-order valence-corrected chi connectivity index (χ2v) is 6.28. The van der Waals surface area contributed by atoms with Gasteiger partial charge < -0.3 is 15.2 Å². The summed E-state index contributed by atoms with van der Waals surface area (Å²) in [4.78, 5) is 0. The smallest absolute Gasteiger partial charge is 0.118 e. The van der Waals surface area contributed by atoms with E-state index >= 15 is 0 Å². The lowest BCUT2D eigenvalue weighted by molar-refractivity contribution is 0.0638. The van der Waals surface area contributed by atoms with Gasteiger partial charge in [0.15, 0.2) is 0 Å². The Labute approximate surface area is 122 Å². The second kappa shape index (κ2) is 7.46. The van der Waals surface area contributed by atoms with Gasteiger partial charge in [0.05, 0.1) is 13.2 Å². The van der Waals surface area contributed by atoms with Crippen molar-refractivity contribution in [1.82, 2.24) is 5.32 Å². The molecule has 0 aliphatic rings. The van der Waals surface area contributed by atoms with Gasteiger partial charge in [0, 0.05) is 13.1 Å². The molecule has 0 aliphatic heterocycles. The van der Waals surface area contributed by atoms with E-state index in [4.69, 9.17) is 4.74 Å². The predicted octanol–water partition coefficient (Wildman–Crippen LogP) is 3.10. The first kappa shape index (κ1) is 16.7. The molecule has 0 saturated heterocycles. The van der Waals surface area contributed by atoms with Crippen LogP contribution in [0.4, 0.5) is 0 Å². The number of nitrogens with one attached hydrogen (secondary N) is 1. The van der Waals surface area contributed by atoms with Crippen molar-refractivity contribution in [1.29, 1.82) is 0 Å². The molecule has 20 heavy (non-hydrogen) atoms. The fourth-order valence-corrected chi connectivity index (χ4v) is 1.75. The van der Waals surface area contributed by atoms with Crippen LogP contribution in [0.3, 0.4) is 0 Å². The molecule has 0 spiro atoms. The number of hydrogen-bond acceptors (Lipinski definition) is 3. The molecule has 1 aromatic rings. The topological polar surface area (TPSA) is 41.5 Å². The Kier molecular flexibility index (Phi) is 6.24. The third-order valence-corrected chi connectivity index (χ3v) is 3.27. The van der Waals surface area contributed by atoms with Crippen LogP contribution >= 0.6 is 0 Å². The van der Waals surface area contributed by atoms with Crippen molar-refractivity contribution in [2.24, 2.45) is 5.41 Å². The minimum Gasteiger partial charge on any atom is -0.497 e. The zero-order valence-electron chi connectivity index (χ0n) is 13.2. The summed E-state index contributed by atoms with van der Waals surface area (Å²) in [6, 6.07) is 7.98. The molecule has 3 heteroatoms. The molecule has 0 radical (unpaired) electrons. The molecule has 0 aliphatic carbocycles. The van der Waals surface area contributed by atoms with Gasteiger partial charge in [-0.3, -0.25) is 0 Å². The number of ether oxygens (including phenoxy) is 1. The maximum Gasteiger partial charge on any atom is 0.118 e. The fourth-order valence-electron chi connectivity index (χ4n) is 1.75. The van der Waals surface area contributed by atoms with Crippen molar-refractivity contribution < 1.29 is 9.84 Å².